The van der Waals surface area contributed by atoms with Crippen LogP contribution in [0.25, 0.3) is 0 Å². The number of carboxylic acids is 1. The molecule has 0 spiro atoms. The third kappa shape index (κ3) is 2.12. The summed E-state index contributed by atoms with van der Waals surface area (Å²) >= 11 is 1.25. The minimum absolute atomic E-state index is 0.254. The van der Waals surface area contributed by atoms with Crippen molar-refractivity contribution < 1.29 is 9.90 Å². The number of aromatic nitrogens is 2. The Balaban J connectivity index is 2.17. The average molecular weight is 224 g/mol. The van der Waals surface area contributed by atoms with Crippen molar-refractivity contribution in [3.8, 4) is 0 Å². The first kappa shape index (κ1) is 10.4. The molecule has 1 aromatic rings. The molecule has 1 unspecified atom stereocenters. The fourth-order valence-corrected chi connectivity index (χ4v) is 2.56. The molecule has 5 heteroatoms. The normalized spacial score (nSPS) is 19.5. The number of hydrogen-bond acceptors (Lipinski definition) is 4. The van der Waals surface area contributed by atoms with Crippen LogP contribution in [0.15, 0.2) is 23.6 Å². The molecule has 2 rings (SSSR count). The van der Waals surface area contributed by atoms with E-state index in [0.717, 1.165) is 12.8 Å². The van der Waals surface area contributed by atoms with Crippen LogP contribution in [0.4, 0.5) is 0 Å². The minimum atomic E-state index is -0.776. The Morgan fingerprint density at radius 2 is 2.13 bits per heavy atom. The molecule has 0 bridgehead atoms. The second kappa shape index (κ2) is 3.81. The summed E-state index contributed by atoms with van der Waals surface area (Å²) < 4.78 is -0.776. The van der Waals surface area contributed by atoms with Crippen LogP contribution < -0.4 is 0 Å². The summed E-state index contributed by atoms with van der Waals surface area (Å²) in [6.07, 6.45) is 5.24. The van der Waals surface area contributed by atoms with Crippen LogP contribution in [-0.4, -0.2) is 25.8 Å². The van der Waals surface area contributed by atoms with Gasteiger partial charge in [0.05, 0.1) is 0 Å². The van der Waals surface area contributed by atoms with Gasteiger partial charge >= 0.3 is 5.97 Å². The van der Waals surface area contributed by atoms with E-state index < -0.39 is 10.7 Å². The Morgan fingerprint density at radius 1 is 1.53 bits per heavy atom. The highest BCUT2D eigenvalue weighted by Crippen LogP contribution is 2.49. The molecule has 0 aliphatic heterocycles. The van der Waals surface area contributed by atoms with E-state index in [1.807, 2.05) is 0 Å². The second-order valence-electron chi connectivity index (χ2n) is 3.82. The number of thioether (sulfide) groups is 1. The minimum Gasteiger partial charge on any atom is -0.480 e. The maximum Gasteiger partial charge on any atom is 0.320 e. The zero-order valence-electron chi connectivity index (χ0n) is 8.38. The molecule has 0 radical (unpaired) electrons. The molecule has 1 aromatic heterocycles. The van der Waals surface area contributed by atoms with Crippen LogP contribution >= 0.6 is 11.8 Å². The number of rotatable bonds is 4. The van der Waals surface area contributed by atoms with E-state index in [2.05, 4.69) is 9.97 Å². The molecule has 15 heavy (non-hydrogen) atoms. The van der Waals surface area contributed by atoms with Gasteiger partial charge in [0.1, 0.15) is 4.75 Å². The molecule has 1 heterocycles. The molecule has 0 saturated heterocycles. The Labute approximate surface area is 92.1 Å². The molecule has 1 aliphatic rings. The largest absolute Gasteiger partial charge is 0.480 e. The molecule has 80 valence electrons. The van der Waals surface area contributed by atoms with Gasteiger partial charge in [0.15, 0.2) is 5.16 Å². The Morgan fingerprint density at radius 3 is 2.60 bits per heavy atom. The number of hydrogen-bond donors (Lipinski definition) is 1. The van der Waals surface area contributed by atoms with Gasteiger partial charge in [-0.25, -0.2) is 9.97 Å². The molecule has 1 fully saturated rings. The molecule has 4 nitrogen and oxygen atoms in total. The van der Waals surface area contributed by atoms with E-state index in [1.54, 1.807) is 25.4 Å². The topological polar surface area (TPSA) is 63.1 Å². The van der Waals surface area contributed by atoms with Crippen LogP contribution in [-0.2, 0) is 4.79 Å². The van der Waals surface area contributed by atoms with Crippen LogP contribution in [0.1, 0.15) is 19.8 Å². The monoisotopic (exact) mass is 224 g/mol. The quantitative estimate of drug-likeness (QED) is 0.624. The zero-order chi connectivity index (χ0) is 10.9. The molecule has 1 saturated carbocycles. The number of nitrogens with zero attached hydrogens (tertiary/aromatic N) is 2. The van der Waals surface area contributed by atoms with Crippen molar-refractivity contribution in [1.29, 1.82) is 0 Å². The highest BCUT2D eigenvalue weighted by Gasteiger charge is 2.49. The lowest BCUT2D eigenvalue weighted by Crippen LogP contribution is -2.34. The van der Waals surface area contributed by atoms with Crippen LogP contribution in [0.2, 0.25) is 0 Å². The van der Waals surface area contributed by atoms with Crippen molar-refractivity contribution in [3.63, 3.8) is 0 Å². The summed E-state index contributed by atoms with van der Waals surface area (Å²) in [5, 5.41) is 9.76. The van der Waals surface area contributed by atoms with Crippen molar-refractivity contribution in [2.75, 3.05) is 0 Å². The highest BCUT2D eigenvalue weighted by molar-refractivity contribution is 8.01. The number of aliphatic carboxylic acids is 1. The Kier molecular flexibility index (Phi) is 2.65. The first-order valence-corrected chi connectivity index (χ1v) is 5.64. The van der Waals surface area contributed by atoms with E-state index in [1.165, 1.54) is 11.8 Å². The molecule has 1 atom stereocenters. The molecule has 1 aliphatic carbocycles. The molecule has 0 aromatic carbocycles. The summed E-state index contributed by atoms with van der Waals surface area (Å²) in [5.41, 5.74) is 0. The average Bonchev–Trinajstić information content (AvgIpc) is 3.02. The van der Waals surface area contributed by atoms with E-state index in [0.29, 0.717) is 5.16 Å². The molecular formula is C10H12N2O2S. The lowest BCUT2D eigenvalue weighted by molar-refractivity contribution is -0.140. The van der Waals surface area contributed by atoms with E-state index >= 15 is 0 Å². The van der Waals surface area contributed by atoms with Crippen molar-refractivity contribution in [1.82, 2.24) is 9.97 Å². The van der Waals surface area contributed by atoms with Crippen molar-refractivity contribution in [2.45, 2.75) is 29.7 Å². The molecule has 0 amide bonds. The molecule has 1 N–H and O–H groups in total. The van der Waals surface area contributed by atoms with Gasteiger partial charge in [-0.15, -0.1) is 0 Å². The Bertz CT molecular complexity index is 367. The summed E-state index contributed by atoms with van der Waals surface area (Å²) in [5.74, 6) is -0.522. The third-order valence-corrected chi connectivity index (χ3v) is 3.95. The maximum absolute atomic E-state index is 11.2. The van der Waals surface area contributed by atoms with E-state index in [4.69, 9.17) is 0 Å². The van der Waals surface area contributed by atoms with E-state index in [-0.39, 0.29) is 5.92 Å². The van der Waals surface area contributed by atoms with Crippen LogP contribution in [0.5, 0.6) is 0 Å². The molecular weight excluding hydrogens is 212 g/mol. The lowest BCUT2D eigenvalue weighted by atomic mass is 10.1. The first-order valence-electron chi connectivity index (χ1n) is 4.82. The fraction of sp³-hybridized carbons (Fsp3) is 0.500. The predicted octanol–water partition coefficient (Wildman–Crippen LogP) is 1.82. The van der Waals surface area contributed by atoms with Gasteiger partial charge in [-0.1, -0.05) is 11.8 Å². The summed E-state index contributed by atoms with van der Waals surface area (Å²) in [6.45, 7) is 1.76. The smallest absolute Gasteiger partial charge is 0.320 e. The summed E-state index contributed by atoms with van der Waals surface area (Å²) in [4.78, 5) is 19.3. The summed E-state index contributed by atoms with van der Waals surface area (Å²) in [7, 11) is 0. The number of carbonyl (C=O) groups is 1. The van der Waals surface area contributed by atoms with Gasteiger partial charge in [-0.3, -0.25) is 4.79 Å². The van der Waals surface area contributed by atoms with E-state index in [9.17, 15) is 9.90 Å². The fourth-order valence-electron chi connectivity index (χ4n) is 1.46. The SMILES string of the molecule is CC(Sc1ncccn1)(C(=O)O)C1CC1. The van der Waals surface area contributed by atoms with Crippen molar-refractivity contribution >= 4 is 17.7 Å². The van der Waals surface area contributed by atoms with Crippen LogP contribution in [0.3, 0.4) is 0 Å². The van der Waals surface area contributed by atoms with Gasteiger partial charge in [0.25, 0.3) is 0 Å². The highest BCUT2D eigenvalue weighted by atomic mass is 32.2. The first-order chi connectivity index (χ1) is 7.13. The van der Waals surface area contributed by atoms with Gasteiger partial charge < -0.3 is 5.11 Å². The summed E-state index contributed by atoms with van der Waals surface area (Å²) in [6, 6.07) is 1.72. The standard InChI is InChI=1S/C10H12N2O2S/c1-10(8(13)14,7-3-4-7)15-9-11-5-2-6-12-9/h2,5-7H,3-4H2,1H3,(H,13,14). The van der Waals surface area contributed by atoms with Crippen LogP contribution in [0, 0.1) is 5.92 Å². The third-order valence-electron chi connectivity index (χ3n) is 2.63. The maximum atomic E-state index is 11.2. The van der Waals surface area contributed by atoms with Gasteiger partial charge in [0, 0.05) is 12.4 Å². The Hall–Kier alpha value is -1.10. The van der Waals surface area contributed by atoms with Gasteiger partial charge in [-0.2, -0.15) is 0 Å². The van der Waals surface area contributed by atoms with Gasteiger partial charge in [-0.05, 0) is 31.7 Å². The zero-order valence-corrected chi connectivity index (χ0v) is 9.20. The predicted molar refractivity (Wildman–Crippen MR) is 56.7 cm³/mol. The lowest BCUT2D eigenvalue weighted by Gasteiger charge is -2.22. The second-order valence-corrected chi connectivity index (χ2v) is 5.24. The van der Waals surface area contributed by atoms with Gasteiger partial charge in [0.2, 0.25) is 0 Å². The van der Waals surface area contributed by atoms with Crippen molar-refractivity contribution in [3.05, 3.63) is 18.5 Å². The number of carboxylic acid groups (broad SMARTS) is 1. The van der Waals surface area contributed by atoms with Crippen molar-refractivity contribution in [2.24, 2.45) is 5.92 Å².